The Balaban J connectivity index is 2.10. The van der Waals surface area contributed by atoms with Gasteiger partial charge < -0.3 is 20.5 Å². The minimum absolute atomic E-state index is 0.0109. The van der Waals surface area contributed by atoms with Crippen molar-refractivity contribution < 1.29 is 19.4 Å². The van der Waals surface area contributed by atoms with Crippen molar-refractivity contribution in [3.8, 4) is 0 Å². The third-order valence-electron chi connectivity index (χ3n) is 2.76. The fraction of sp³-hybridized carbons (Fsp3) is 0.818. The van der Waals surface area contributed by atoms with Crippen LogP contribution in [-0.4, -0.2) is 49.3 Å². The predicted molar refractivity (Wildman–Crippen MR) is 61.7 cm³/mol. The van der Waals surface area contributed by atoms with E-state index in [1.54, 1.807) is 6.92 Å². The maximum atomic E-state index is 11.4. The Kier molecular flexibility index (Phi) is 5.93. The largest absolute Gasteiger partial charge is 0.481 e. The minimum Gasteiger partial charge on any atom is -0.481 e. The average Bonchev–Trinajstić information content (AvgIpc) is 2.34. The zero-order valence-electron chi connectivity index (χ0n) is 10.1. The van der Waals surface area contributed by atoms with Crippen LogP contribution in [0.5, 0.6) is 0 Å². The number of hydrogen-bond donors (Lipinski definition) is 3. The molecule has 0 saturated carbocycles. The predicted octanol–water partition coefficient (Wildman–Crippen LogP) is -0.408. The topological polar surface area (TPSA) is 87.7 Å². The van der Waals surface area contributed by atoms with Gasteiger partial charge >= 0.3 is 5.97 Å². The molecule has 1 aliphatic rings. The highest BCUT2D eigenvalue weighted by Crippen LogP contribution is 2.06. The molecule has 3 N–H and O–H groups in total. The third kappa shape index (κ3) is 5.65. The number of carbonyl (C=O) groups excluding carboxylic acids is 1. The zero-order chi connectivity index (χ0) is 12.7. The summed E-state index contributed by atoms with van der Waals surface area (Å²) in [6.07, 6.45) is 1.97. The van der Waals surface area contributed by atoms with Crippen LogP contribution < -0.4 is 10.6 Å². The average molecular weight is 244 g/mol. The van der Waals surface area contributed by atoms with Gasteiger partial charge in [-0.15, -0.1) is 0 Å². The second-order valence-corrected chi connectivity index (χ2v) is 4.30. The molecule has 6 nitrogen and oxygen atoms in total. The van der Waals surface area contributed by atoms with Gasteiger partial charge in [-0.2, -0.15) is 0 Å². The number of hydrogen-bond acceptors (Lipinski definition) is 4. The number of carboxylic acids is 1. The molecule has 0 spiro atoms. The Morgan fingerprint density at radius 1 is 1.47 bits per heavy atom. The first-order valence-corrected chi connectivity index (χ1v) is 5.91. The molecule has 98 valence electrons. The number of carboxylic acid groups (broad SMARTS) is 1. The van der Waals surface area contributed by atoms with E-state index in [0.29, 0.717) is 0 Å². The second kappa shape index (κ2) is 7.24. The monoisotopic (exact) mass is 244 g/mol. The summed E-state index contributed by atoms with van der Waals surface area (Å²) in [6, 6.07) is 0. The molecule has 0 radical (unpaired) electrons. The molecule has 1 saturated heterocycles. The van der Waals surface area contributed by atoms with Gasteiger partial charge in [0.15, 0.2) is 0 Å². The molecule has 1 unspecified atom stereocenters. The lowest BCUT2D eigenvalue weighted by molar-refractivity contribution is -0.141. The number of amides is 1. The van der Waals surface area contributed by atoms with E-state index in [9.17, 15) is 9.59 Å². The molecule has 6 heteroatoms. The van der Waals surface area contributed by atoms with Crippen LogP contribution in [0.1, 0.15) is 19.8 Å². The van der Waals surface area contributed by atoms with Crippen molar-refractivity contribution in [3.05, 3.63) is 0 Å². The SMILES string of the molecule is CC(CNC(=O)COC1CCNCC1)C(=O)O. The van der Waals surface area contributed by atoms with Gasteiger partial charge in [0.25, 0.3) is 0 Å². The molecule has 0 aromatic heterocycles. The van der Waals surface area contributed by atoms with E-state index in [1.165, 1.54) is 0 Å². The highest BCUT2D eigenvalue weighted by Gasteiger charge is 2.16. The summed E-state index contributed by atoms with van der Waals surface area (Å²) >= 11 is 0. The molecule has 1 rings (SSSR count). The van der Waals surface area contributed by atoms with E-state index in [2.05, 4.69) is 10.6 Å². The maximum Gasteiger partial charge on any atom is 0.308 e. The molecule has 1 aliphatic heterocycles. The van der Waals surface area contributed by atoms with Gasteiger partial charge in [-0.1, -0.05) is 6.92 Å². The maximum absolute atomic E-state index is 11.4. The number of ether oxygens (including phenoxy) is 1. The third-order valence-corrected chi connectivity index (χ3v) is 2.76. The molecule has 0 aromatic carbocycles. The van der Waals surface area contributed by atoms with Crippen LogP contribution >= 0.6 is 0 Å². The molecule has 0 aliphatic carbocycles. The van der Waals surface area contributed by atoms with Crippen molar-refractivity contribution in [2.24, 2.45) is 5.92 Å². The quantitative estimate of drug-likeness (QED) is 0.591. The summed E-state index contributed by atoms with van der Waals surface area (Å²) in [4.78, 5) is 21.9. The normalized spacial score (nSPS) is 18.6. The Hall–Kier alpha value is -1.14. The van der Waals surface area contributed by atoms with Crippen LogP contribution in [0.4, 0.5) is 0 Å². The van der Waals surface area contributed by atoms with E-state index in [0.717, 1.165) is 25.9 Å². The van der Waals surface area contributed by atoms with E-state index in [-0.39, 0.29) is 25.2 Å². The minimum atomic E-state index is -0.912. The second-order valence-electron chi connectivity index (χ2n) is 4.30. The lowest BCUT2D eigenvalue weighted by Gasteiger charge is -2.22. The molecule has 1 amide bonds. The highest BCUT2D eigenvalue weighted by molar-refractivity contribution is 5.78. The Morgan fingerprint density at radius 2 is 2.12 bits per heavy atom. The summed E-state index contributed by atoms with van der Waals surface area (Å²) < 4.78 is 5.44. The van der Waals surface area contributed by atoms with Crippen LogP contribution in [0.25, 0.3) is 0 Å². The smallest absolute Gasteiger partial charge is 0.308 e. The summed E-state index contributed by atoms with van der Waals surface area (Å²) in [7, 11) is 0. The van der Waals surface area contributed by atoms with Crippen LogP contribution in [-0.2, 0) is 14.3 Å². The molecular weight excluding hydrogens is 224 g/mol. The van der Waals surface area contributed by atoms with Crippen molar-refractivity contribution in [1.29, 1.82) is 0 Å². The van der Waals surface area contributed by atoms with E-state index < -0.39 is 11.9 Å². The highest BCUT2D eigenvalue weighted by atomic mass is 16.5. The Morgan fingerprint density at radius 3 is 2.71 bits per heavy atom. The van der Waals surface area contributed by atoms with Crippen molar-refractivity contribution in [2.45, 2.75) is 25.9 Å². The van der Waals surface area contributed by atoms with Crippen LogP contribution in [0, 0.1) is 5.92 Å². The first kappa shape index (κ1) is 13.9. The van der Waals surface area contributed by atoms with E-state index in [1.807, 2.05) is 0 Å². The summed E-state index contributed by atoms with van der Waals surface area (Å²) in [6.45, 7) is 3.54. The summed E-state index contributed by atoms with van der Waals surface area (Å²) in [5.74, 6) is -1.74. The molecule has 1 heterocycles. The van der Waals surface area contributed by atoms with Crippen molar-refractivity contribution >= 4 is 11.9 Å². The van der Waals surface area contributed by atoms with E-state index >= 15 is 0 Å². The number of nitrogens with one attached hydrogen (secondary N) is 2. The molecular formula is C11H20N2O4. The van der Waals surface area contributed by atoms with Gasteiger partial charge in [0.05, 0.1) is 12.0 Å². The zero-order valence-corrected chi connectivity index (χ0v) is 10.1. The van der Waals surface area contributed by atoms with Crippen LogP contribution in [0.15, 0.2) is 0 Å². The number of carbonyl (C=O) groups is 2. The molecule has 17 heavy (non-hydrogen) atoms. The number of rotatable bonds is 6. The number of aliphatic carboxylic acids is 1. The van der Waals surface area contributed by atoms with Gasteiger partial charge in [-0.25, -0.2) is 0 Å². The van der Waals surface area contributed by atoms with Gasteiger partial charge in [-0.05, 0) is 25.9 Å². The van der Waals surface area contributed by atoms with Crippen molar-refractivity contribution in [1.82, 2.24) is 10.6 Å². The van der Waals surface area contributed by atoms with Crippen LogP contribution in [0.2, 0.25) is 0 Å². The van der Waals surface area contributed by atoms with Gasteiger partial charge in [0.1, 0.15) is 6.61 Å². The molecule has 0 bridgehead atoms. The Labute approximate surface area is 101 Å². The summed E-state index contributed by atoms with van der Waals surface area (Å²) in [5.41, 5.74) is 0. The van der Waals surface area contributed by atoms with Gasteiger partial charge in [0.2, 0.25) is 5.91 Å². The number of piperidine rings is 1. The lowest BCUT2D eigenvalue weighted by Crippen LogP contribution is -2.37. The lowest BCUT2D eigenvalue weighted by atomic mass is 10.1. The van der Waals surface area contributed by atoms with Crippen molar-refractivity contribution in [2.75, 3.05) is 26.2 Å². The molecule has 0 aromatic rings. The fourth-order valence-corrected chi connectivity index (χ4v) is 1.56. The van der Waals surface area contributed by atoms with Gasteiger partial charge in [-0.3, -0.25) is 9.59 Å². The first-order chi connectivity index (χ1) is 8.09. The first-order valence-electron chi connectivity index (χ1n) is 5.91. The molecule has 1 fully saturated rings. The van der Waals surface area contributed by atoms with E-state index in [4.69, 9.17) is 9.84 Å². The Bertz CT molecular complexity index is 264. The van der Waals surface area contributed by atoms with Crippen LogP contribution in [0.3, 0.4) is 0 Å². The summed E-state index contributed by atoms with van der Waals surface area (Å²) in [5, 5.41) is 14.4. The van der Waals surface area contributed by atoms with Gasteiger partial charge in [0, 0.05) is 6.54 Å². The molecule has 1 atom stereocenters. The fourth-order valence-electron chi connectivity index (χ4n) is 1.56. The standard InChI is InChI=1S/C11H20N2O4/c1-8(11(15)16)6-13-10(14)7-17-9-2-4-12-5-3-9/h8-9,12H,2-7H2,1H3,(H,13,14)(H,15,16). The van der Waals surface area contributed by atoms with Crippen molar-refractivity contribution in [3.63, 3.8) is 0 Å².